The number of alkyl halides is 3. The quantitative estimate of drug-likeness (QED) is 0.536. The Morgan fingerprint density at radius 2 is 1.77 bits per heavy atom. The number of benzene rings is 2. The van der Waals surface area contributed by atoms with Gasteiger partial charge in [-0.2, -0.15) is 13.2 Å². The Bertz CT molecular complexity index is 1370. The summed E-state index contributed by atoms with van der Waals surface area (Å²) >= 11 is 0. The first-order valence-corrected chi connectivity index (χ1v) is 9.56. The van der Waals surface area contributed by atoms with Crippen LogP contribution in [0.4, 0.5) is 13.2 Å². The van der Waals surface area contributed by atoms with Crippen LogP contribution in [-0.2, 0) is 13.2 Å². The van der Waals surface area contributed by atoms with Gasteiger partial charge in [0.05, 0.1) is 17.4 Å². The van der Waals surface area contributed by atoms with Crippen LogP contribution >= 0.6 is 0 Å². The lowest BCUT2D eigenvalue weighted by Crippen LogP contribution is -2.30. The van der Waals surface area contributed by atoms with Gasteiger partial charge < -0.3 is 9.88 Å². The number of amides is 1. The van der Waals surface area contributed by atoms with Gasteiger partial charge in [0.15, 0.2) is 0 Å². The molecule has 0 aliphatic carbocycles. The largest absolute Gasteiger partial charge is 0.416 e. The molecule has 4 rings (SSSR count). The molecule has 0 unspecified atom stereocenters. The van der Waals surface area contributed by atoms with Crippen molar-refractivity contribution in [3.63, 3.8) is 0 Å². The lowest BCUT2D eigenvalue weighted by atomic mass is 10.1. The number of carbonyl (C=O) groups is 1. The lowest BCUT2D eigenvalue weighted by molar-refractivity contribution is -0.137. The van der Waals surface area contributed by atoms with Gasteiger partial charge in [-0.15, -0.1) is 0 Å². The van der Waals surface area contributed by atoms with E-state index in [-0.39, 0.29) is 23.2 Å². The highest BCUT2D eigenvalue weighted by atomic mass is 19.4. The average molecular weight is 428 g/mol. The van der Waals surface area contributed by atoms with Gasteiger partial charge >= 0.3 is 6.18 Å². The number of aromatic nitrogens is 3. The number of hydrogen-bond acceptors (Lipinski definition) is 3. The molecule has 0 bridgehead atoms. The summed E-state index contributed by atoms with van der Waals surface area (Å²) in [6, 6.07) is 9.15. The maximum atomic E-state index is 13.3. The van der Waals surface area contributed by atoms with Crippen molar-refractivity contribution >= 4 is 27.8 Å². The Balaban J connectivity index is 2.00. The van der Waals surface area contributed by atoms with Crippen LogP contribution < -0.4 is 10.9 Å². The molecular weight excluding hydrogens is 409 g/mol. The average Bonchev–Trinajstić information content (AvgIpc) is 3.09. The van der Waals surface area contributed by atoms with Crippen molar-refractivity contribution in [2.75, 3.05) is 0 Å². The number of fused-ring (bicyclic) bond motifs is 3. The fraction of sp³-hybridized carbons (Fsp3) is 0.227. The zero-order valence-electron chi connectivity index (χ0n) is 17.0. The van der Waals surface area contributed by atoms with E-state index in [2.05, 4.69) is 10.3 Å². The highest BCUT2D eigenvalue weighted by Gasteiger charge is 2.30. The highest BCUT2D eigenvalue weighted by molar-refractivity contribution is 6.06. The first kappa shape index (κ1) is 20.6. The lowest BCUT2D eigenvalue weighted by Gasteiger charge is -2.14. The second-order valence-electron chi connectivity index (χ2n) is 7.60. The molecule has 160 valence electrons. The zero-order chi connectivity index (χ0) is 22.5. The number of hydrogen-bond donors (Lipinski definition) is 1. The molecule has 0 fully saturated rings. The summed E-state index contributed by atoms with van der Waals surface area (Å²) in [6.45, 7) is 3.69. The van der Waals surface area contributed by atoms with Crippen molar-refractivity contribution in [3.05, 3.63) is 70.3 Å². The van der Waals surface area contributed by atoms with Crippen LogP contribution in [0.25, 0.3) is 27.6 Å². The second-order valence-corrected chi connectivity index (χ2v) is 7.60. The van der Waals surface area contributed by atoms with Crippen molar-refractivity contribution in [2.24, 2.45) is 7.05 Å². The molecule has 2 aromatic heterocycles. The van der Waals surface area contributed by atoms with Crippen molar-refractivity contribution < 1.29 is 18.0 Å². The molecule has 0 aliphatic rings. The molecule has 1 amide bonds. The number of pyridine rings is 1. The second kappa shape index (κ2) is 7.26. The molecule has 2 heterocycles. The molecule has 0 saturated heterocycles. The fourth-order valence-electron chi connectivity index (χ4n) is 3.56. The van der Waals surface area contributed by atoms with E-state index in [0.29, 0.717) is 22.0 Å². The predicted octanol–water partition coefficient (Wildman–Crippen LogP) is 4.03. The molecule has 0 aliphatic heterocycles. The number of rotatable bonds is 3. The highest BCUT2D eigenvalue weighted by Crippen LogP contribution is 2.30. The van der Waals surface area contributed by atoms with E-state index in [4.69, 9.17) is 0 Å². The van der Waals surface area contributed by atoms with Gasteiger partial charge in [-0.05, 0) is 56.3 Å². The van der Waals surface area contributed by atoms with E-state index in [1.807, 2.05) is 13.8 Å². The Morgan fingerprint density at radius 1 is 1.10 bits per heavy atom. The van der Waals surface area contributed by atoms with Gasteiger partial charge in [0.25, 0.3) is 11.5 Å². The molecule has 0 spiro atoms. The molecule has 9 heteroatoms. The maximum absolute atomic E-state index is 13.3. The van der Waals surface area contributed by atoms with Gasteiger partial charge in [0.1, 0.15) is 11.0 Å². The summed E-state index contributed by atoms with van der Waals surface area (Å²) in [4.78, 5) is 30.1. The van der Waals surface area contributed by atoms with Crippen molar-refractivity contribution in [1.82, 2.24) is 19.4 Å². The third-order valence-corrected chi connectivity index (χ3v) is 4.97. The molecule has 4 aromatic rings. The fourth-order valence-corrected chi connectivity index (χ4v) is 3.56. The third kappa shape index (κ3) is 3.56. The summed E-state index contributed by atoms with van der Waals surface area (Å²) in [5, 5.41) is 3.36. The Morgan fingerprint density at radius 3 is 2.39 bits per heavy atom. The summed E-state index contributed by atoms with van der Waals surface area (Å²) in [5.74, 6) is -0.270. The van der Waals surface area contributed by atoms with Crippen LogP contribution in [0.1, 0.15) is 29.8 Å². The minimum atomic E-state index is -4.48. The van der Waals surface area contributed by atoms with Crippen molar-refractivity contribution in [3.8, 4) is 5.69 Å². The Hall–Kier alpha value is -3.62. The number of aryl methyl sites for hydroxylation is 1. The SMILES string of the molecule is CC(C)NC(=O)c1ccc2c(c1)c1ncn(C)c1c(=O)n2-c1ccc(C(F)(F)F)cc1. The Kier molecular flexibility index (Phi) is 4.83. The van der Waals surface area contributed by atoms with Crippen LogP contribution in [0.5, 0.6) is 0 Å². The standard InChI is InChI=1S/C22H19F3N4O2/c1-12(2)27-20(30)13-4-9-17-16(10-13)18-19(28(3)11-26-18)21(31)29(17)15-7-5-14(6-8-15)22(23,24)25/h4-12H,1-3H3,(H,27,30). The number of nitrogens with one attached hydrogen (secondary N) is 1. The Labute approximate surface area is 174 Å². The third-order valence-electron chi connectivity index (χ3n) is 4.97. The first-order chi connectivity index (χ1) is 14.6. The van der Waals surface area contributed by atoms with E-state index in [1.165, 1.54) is 23.0 Å². The van der Waals surface area contributed by atoms with E-state index >= 15 is 0 Å². The minimum absolute atomic E-state index is 0.0563. The van der Waals surface area contributed by atoms with E-state index in [1.54, 1.807) is 29.8 Å². The summed E-state index contributed by atoms with van der Waals surface area (Å²) in [7, 11) is 1.66. The normalized spacial score (nSPS) is 12.1. The van der Waals surface area contributed by atoms with E-state index in [9.17, 15) is 22.8 Å². The number of halogens is 3. The molecule has 1 N–H and O–H groups in total. The zero-order valence-corrected chi connectivity index (χ0v) is 17.0. The van der Waals surface area contributed by atoms with Gasteiger partial charge in [0.2, 0.25) is 0 Å². The van der Waals surface area contributed by atoms with Gasteiger partial charge in [-0.25, -0.2) is 4.98 Å². The molecule has 6 nitrogen and oxygen atoms in total. The van der Waals surface area contributed by atoms with E-state index in [0.717, 1.165) is 12.1 Å². The number of imidazole rings is 1. The smallest absolute Gasteiger partial charge is 0.350 e. The molecule has 0 atom stereocenters. The molecule has 0 radical (unpaired) electrons. The van der Waals surface area contributed by atoms with E-state index < -0.39 is 17.3 Å². The summed E-state index contributed by atoms with van der Waals surface area (Å²) in [6.07, 6.45) is -2.99. The topological polar surface area (TPSA) is 68.9 Å². The van der Waals surface area contributed by atoms with Crippen LogP contribution in [0, 0.1) is 0 Å². The molecule has 0 saturated carbocycles. The van der Waals surface area contributed by atoms with Crippen LogP contribution in [-0.4, -0.2) is 26.1 Å². The van der Waals surface area contributed by atoms with Gasteiger partial charge in [-0.3, -0.25) is 14.2 Å². The van der Waals surface area contributed by atoms with Crippen molar-refractivity contribution in [2.45, 2.75) is 26.1 Å². The minimum Gasteiger partial charge on any atom is -0.350 e. The molecular formula is C22H19F3N4O2. The monoisotopic (exact) mass is 428 g/mol. The molecule has 31 heavy (non-hydrogen) atoms. The van der Waals surface area contributed by atoms with Gasteiger partial charge in [-0.1, -0.05) is 0 Å². The maximum Gasteiger partial charge on any atom is 0.416 e. The number of nitrogens with zero attached hydrogens (tertiary/aromatic N) is 3. The number of carbonyl (C=O) groups excluding carboxylic acids is 1. The van der Waals surface area contributed by atoms with Gasteiger partial charge in [0, 0.05) is 29.7 Å². The molecule has 2 aromatic carbocycles. The first-order valence-electron chi connectivity index (χ1n) is 9.56. The van der Waals surface area contributed by atoms with Crippen LogP contribution in [0.2, 0.25) is 0 Å². The summed E-state index contributed by atoms with van der Waals surface area (Å²) < 4.78 is 41.8. The van der Waals surface area contributed by atoms with Crippen molar-refractivity contribution in [1.29, 1.82) is 0 Å². The summed E-state index contributed by atoms with van der Waals surface area (Å²) in [5.41, 5.74) is 0.608. The predicted molar refractivity (Wildman–Crippen MR) is 111 cm³/mol. The van der Waals surface area contributed by atoms with Crippen LogP contribution in [0.15, 0.2) is 53.6 Å². The van der Waals surface area contributed by atoms with Crippen LogP contribution in [0.3, 0.4) is 0 Å².